The molecule has 1 unspecified atom stereocenters. The summed E-state index contributed by atoms with van der Waals surface area (Å²) in [7, 11) is 1.69. The minimum Gasteiger partial charge on any atom is -0.384 e. The van der Waals surface area contributed by atoms with E-state index >= 15 is 0 Å². The van der Waals surface area contributed by atoms with Gasteiger partial charge in [0.15, 0.2) is 0 Å². The van der Waals surface area contributed by atoms with Crippen LogP contribution in [0.3, 0.4) is 0 Å². The van der Waals surface area contributed by atoms with Gasteiger partial charge in [-0.05, 0) is 6.42 Å². The summed E-state index contributed by atoms with van der Waals surface area (Å²) in [5.41, 5.74) is 2.11. The number of hydrazine groups is 1. The van der Waals surface area contributed by atoms with Gasteiger partial charge in [0.05, 0.1) is 6.61 Å². The maximum atomic E-state index is 10.8. The Morgan fingerprint density at radius 2 is 2.38 bits per heavy atom. The van der Waals surface area contributed by atoms with Crippen LogP contribution in [0.15, 0.2) is 0 Å². The maximum Gasteiger partial charge on any atom is 0.233 e. The zero-order valence-electron chi connectivity index (χ0n) is 8.21. The van der Waals surface area contributed by atoms with E-state index in [1.54, 1.807) is 7.11 Å². The summed E-state index contributed by atoms with van der Waals surface area (Å²) in [6, 6.07) is 0. The van der Waals surface area contributed by atoms with Gasteiger partial charge < -0.3 is 4.74 Å². The summed E-state index contributed by atoms with van der Waals surface area (Å²) >= 11 is 1.81. The summed E-state index contributed by atoms with van der Waals surface area (Å²) in [5, 5.41) is 0.479. The monoisotopic (exact) mass is 206 g/mol. The molecule has 1 atom stereocenters. The van der Waals surface area contributed by atoms with Crippen molar-refractivity contribution in [3.05, 3.63) is 0 Å². The van der Waals surface area contributed by atoms with Crippen molar-refractivity contribution in [1.29, 1.82) is 0 Å². The fourth-order valence-corrected chi connectivity index (χ4v) is 1.77. The van der Waals surface area contributed by atoms with Gasteiger partial charge in [0.25, 0.3) is 0 Å². The lowest BCUT2D eigenvalue weighted by molar-refractivity contribution is -0.121. The van der Waals surface area contributed by atoms with E-state index in [4.69, 9.17) is 10.6 Å². The number of hydrogen-bond acceptors (Lipinski definition) is 4. The minimum atomic E-state index is -0.0980. The second-order valence-corrected chi connectivity index (χ2v) is 4.33. The van der Waals surface area contributed by atoms with Crippen LogP contribution in [-0.4, -0.2) is 30.6 Å². The lowest BCUT2D eigenvalue weighted by atomic mass is 10.2. The number of carbonyl (C=O) groups excluding carboxylic acids is 1. The quantitative estimate of drug-likeness (QED) is 0.276. The van der Waals surface area contributed by atoms with Crippen LogP contribution in [0.1, 0.15) is 19.8 Å². The van der Waals surface area contributed by atoms with Crippen LogP contribution < -0.4 is 11.3 Å². The third-order valence-electron chi connectivity index (χ3n) is 1.63. The van der Waals surface area contributed by atoms with E-state index in [1.165, 1.54) is 0 Å². The van der Waals surface area contributed by atoms with Crippen molar-refractivity contribution in [2.24, 2.45) is 5.84 Å². The summed E-state index contributed by atoms with van der Waals surface area (Å²) in [6.07, 6.45) is 1.36. The summed E-state index contributed by atoms with van der Waals surface area (Å²) in [4.78, 5) is 10.8. The number of carbonyl (C=O) groups is 1. The third kappa shape index (κ3) is 8.08. The predicted molar refractivity (Wildman–Crippen MR) is 55.4 cm³/mol. The van der Waals surface area contributed by atoms with E-state index in [-0.39, 0.29) is 5.91 Å². The Morgan fingerprint density at radius 3 is 2.92 bits per heavy atom. The Morgan fingerprint density at radius 1 is 1.69 bits per heavy atom. The van der Waals surface area contributed by atoms with E-state index in [9.17, 15) is 4.79 Å². The van der Waals surface area contributed by atoms with Crippen LogP contribution >= 0.6 is 11.8 Å². The first-order chi connectivity index (χ1) is 6.20. The average molecular weight is 206 g/mol. The second-order valence-electron chi connectivity index (χ2n) is 2.78. The molecule has 0 heterocycles. The second kappa shape index (κ2) is 8.34. The number of methoxy groups -OCH3 is 1. The van der Waals surface area contributed by atoms with Gasteiger partial charge in [-0.25, -0.2) is 5.84 Å². The highest BCUT2D eigenvalue weighted by molar-refractivity contribution is 7.99. The molecule has 0 aliphatic rings. The predicted octanol–water partition coefficient (Wildman–Crippen LogP) is 0.525. The number of nitrogens with one attached hydrogen (secondary N) is 1. The van der Waals surface area contributed by atoms with Crippen LogP contribution in [0.2, 0.25) is 0 Å². The number of ether oxygens (including phenoxy) is 1. The van der Waals surface area contributed by atoms with Crippen LogP contribution in [-0.2, 0) is 9.53 Å². The number of hydrogen-bond donors (Lipinski definition) is 2. The molecular weight excluding hydrogens is 188 g/mol. The van der Waals surface area contributed by atoms with Crippen molar-refractivity contribution in [3.63, 3.8) is 0 Å². The van der Waals surface area contributed by atoms with Gasteiger partial charge in [-0.15, -0.1) is 0 Å². The first-order valence-electron chi connectivity index (χ1n) is 4.30. The maximum absolute atomic E-state index is 10.8. The SMILES string of the molecule is COCCSC(C)CCC(=O)NN. The molecule has 78 valence electrons. The van der Waals surface area contributed by atoms with Gasteiger partial charge in [-0.2, -0.15) is 11.8 Å². The van der Waals surface area contributed by atoms with Crippen LogP contribution in [0.4, 0.5) is 0 Å². The molecule has 0 saturated carbocycles. The molecule has 0 bridgehead atoms. The molecule has 13 heavy (non-hydrogen) atoms. The van der Waals surface area contributed by atoms with E-state index < -0.39 is 0 Å². The van der Waals surface area contributed by atoms with Gasteiger partial charge in [-0.1, -0.05) is 6.92 Å². The Bertz CT molecular complexity index is 144. The fourth-order valence-electron chi connectivity index (χ4n) is 0.822. The highest BCUT2D eigenvalue weighted by atomic mass is 32.2. The molecule has 0 rings (SSSR count). The van der Waals surface area contributed by atoms with Gasteiger partial charge in [0.2, 0.25) is 5.91 Å². The molecule has 1 amide bonds. The topological polar surface area (TPSA) is 64.3 Å². The van der Waals surface area contributed by atoms with Crippen molar-refractivity contribution in [1.82, 2.24) is 5.43 Å². The van der Waals surface area contributed by atoms with Gasteiger partial charge in [0.1, 0.15) is 0 Å². The molecule has 5 heteroatoms. The van der Waals surface area contributed by atoms with E-state index in [2.05, 4.69) is 12.3 Å². The fraction of sp³-hybridized carbons (Fsp3) is 0.875. The smallest absolute Gasteiger partial charge is 0.233 e. The summed E-state index contributed by atoms with van der Waals surface area (Å²) < 4.78 is 4.92. The normalized spacial score (nSPS) is 12.5. The molecule has 3 N–H and O–H groups in total. The van der Waals surface area contributed by atoms with Gasteiger partial charge in [0, 0.05) is 24.5 Å². The Balaban J connectivity index is 3.29. The summed E-state index contributed by atoms with van der Waals surface area (Å²) in [6.45, 7) is 2.86. The van der Waals surface area contributed by atoms with Crippen LogP contribution in [0.5, 0.6) is 0 Å². The standard InChI is InChI=1S/C8H18N2O2S/c1-7(13-6-5-12-2)3-4-8(11)10-9/h7H,3-6,9H2,1-2H3,(H,10,11). The number of amides is 1. The molecule has 4 nitrogen and oxygen atoms in total. The Kier molecular flexibility index (Phi) is 8.18. The van der Waals surface area contributed by atoms with Crippen molar-refractivity contribution in [3.8, 4) is 0 Å². The number of thioether (sulfide) groups is 1. The molecule has 0 fully saturated rings. The van der Waals surface area contributed by atoms with E-state index in [0.717, 1.165) is 18.8 Å². The molecule has 0 aromatic heterocycles. The summed E-state index contributed by atoms with van der Waals surface area (Å²) in [5.74, 6) is 5.83. The number of rotatable bonds is 7. The van der Waals surface area contributed by atoms with Crippen LogP contribution in [0.25, 0.3) is 0 Å². The highest BCUT2D eigenvalue weighted by Crippen LogP contribution is 2.14. The van der Waals surface area contributed by atoms with Crippen LogP contribution in [0, 0.1) is 0 Å². The average Bonchev–Trinajstić information content (AvgIpc) is 2.14. The molecule has 0 radical (unpaired) electrons. The van der Waals surface area contributed by atoms with Gasteiger partial charge >= 0.3 is 0 Å². The lowest BCUT2D eigenvalue weighted by Crippen LogP contribution is -2.30. The minimum absolute atomic E-state index is 0.0980. The third-order valence-corrected chi connectivity index (χ3v) is 2.84. The first kappa shape index (κ1) is 12.7. The molecule has 0 aliphatic heterocycles. The molecule has 0 aliphatic carbocycles. The zero-order valence-corrected chi connectivity index (χ0v) is 9.02. The van der Waals surface area contributed by atoms with Gasteiger partial charge in [-0.3, -0.25) is 10.2 Å². The molecule has 0 saturated heterocycles. The van der Waals surface area contributed by atoms with Crippen molar-refractivity contribution >= 4 is 17.7 Å². The largest absolute Gasteiger partial charge is 0.384 e. The Labute approximate surface area is 83.6 Å². The molecular formula is C8H18N2O2S. The number of nitrogens with two attached hydrogens (primary N) is 1. The molecule has 0 aromatic carbocycles. The first-order valence-corrected chi connectivity index (χ1v) is 5.35. The van der Waals surface area contributed by atoms with E-state index in [0.29, 0.717) is 11.7 Å². The van der Waals surface area contributed by atoms with Crippen molar-refractivity contribution in [2.45, 2.75) is 25.0 Å². The Hall–Kier alpha value is -0.260. The highest BCUT2D eigenvalue weighted by Gasteiger charge is 2.05. The van der Waals surface area contributed by atoms with E-state index in [1.807, 2.05) is 11.8 Å². The van der Waals surface area contributed by atoms with Crippen molar-refractivity contribution < 1.29 is 9.53 Å². The lowest BCUT2D eigenvalue weighted by Gasteiger charge is -2.09. The molecule has 0 spiro atoms. The molecule has 0 aromatic rings. The van der Waals surface area contributed by atoms with Crippen molar-refractivity contribution in [2.75, 3.05) is 19.5 Å². The zero-order chi connectivity index (χ0) is 10.1.